The molecule has 0 aliphatic carbocycles. The van der Waals surface area contributed by atoms with Gasteiger partial charge in [0.05, 0.1) is 5.69 Å². The lowest BCUT2D eigenvalue weighted by molar-refractivity contribution is 0.603. The summed E-state index contributed by atoms with van der Waals surface area (Å²) in [6, 6.07) is 6.63. The van der Waals surface area contributed by atoms with Gasteiger partial charge in [-0.3, -0.25) is 0 Å². The Kier molecular flexibility index (Phi) is 2.73. The monoisotopic (exact) mass is 214 g/mol. The van der Waals surface area contributed by atoms with Gasteiger partial charge < -0.3 is 5.32 Å². The highest BCUT2D eigenvalue weighted by Gasteiger charge is 2.00. The Morgan fingerprint density at radius 3 is 2.64 bits per heavy atom. The maximum absolute atomic E-state index is 10.9. The van der Waals surface area contributed by atoms with E-state index in [1.54, 1.807) is 24.3 Å². The van der Waals surface area contributed by atoms with Crippen molar-refractivity contribution in [3.05, 3.63) is 24.3 Å². The van der Waals surface area contributed by atoms with E-state index in [1.165, 1.54) is 0 Å². The molecule has 6 heteroatoms. The third-order valence-corrected chi connectivity index (χ3v) is 2.19. The second kappa shape index (κ2) is 4.19. The molecular weight excluding hydrogens is 202 g/mol. The summed E-state index contributed by atoms with van der Waals surface area (Å²) in [6.07, 6.45) is 1.16. The van der Waals surface area contributed by atoms with Crippen molar-refractivity contribution >= 4 is 21.2 Å². The highest BCUT2D eigenvalue weighted by molar-refractivity contribution is 7.90. The van der Waals surface area contributed by atoms with Crippen LogP contribution in [0.3, 0.4) is 0 Å². The fourth-order valence-electron chi connectivity index (χ4n) is 0.860. The van der Waals surface area contributed by atoms with E-state index in [0.717, 1.165) is 6.26 Å². The predicted octanol–water partition coefficient (Wildman–Crippen LogP) is 1.76. The van der Waals surface area contributed by atoms with Gasteiger partial charge in [0.25, 0.3) is 0 Å². The molecule has 1 aromatic carbocycles. The lowest BCUT2D eigenvalue weighted by atomic mass is 10.3. The zero-order valence-electron chi connectivity index (χ0n) is 8.64. The Hall–Kier alpha value is -1.43. The summed E-state index contributed by atoms with van der Waals surface area (Å²) in [5.41, 5.74) is 4.11. The van der Waals surface area contributed by atoms with Crippen LogP contribution < -0.4 is 5.32 Å². The van der Waals surface area contributed by atoms with Crippen molar-refractivity contribution in [2.45, 2.75) is 0 Å². The average Bonchev–Trinajstić information content (AvgIpc) is 2.16. The van der Waals surface area contributed by atoms with Crippen molar-refractivity contribution < 1.29 is 9.83 Å². The molecule has 0 aliphatic rings. The number of nitrogens with zero attached hydrogens (tertiary/aromatic N) is 1. The Balaban J connectivity index is 2.65. The molecule has 0 bridgehead atoms. The number of hydrogen-bond donors (Lipinski definition) is 2. The van der Waals surface area contributed by atoms with Crippen LogP contribution in [-0.4, -0.2) is 20.6 Å². The molecule has 5 nitrogen and oxygen atoms in total. The molecule has 1 rings (SSSR count). The predicted molar refractivity (Wildman–Crippen MR) is 54.6 cm³/mol. The minimum absolute atomic E-state index is 0.105. The number of sulfone groups is 1. The van der Waals surface area contributed by atoms with Gasteiger partial charge in [-0.25, -0.2) is 13.9 Å². The van der Waals surface area contributed by atoms with E-state index < -0.39 is 9.84 Å². The standard InChI is InChI=1S/C8H11N3O2S/c1-14(12,13)6-10-7-2-4-8(11-9)5-3-7/h2-5,9-10H,6H2,1H3/b11-9+/i/hD. The van der Waals surface area contributed by atoms with Crippen LogP contribution >= 0.6 is 0 Å². The van der Waals surface area contributed by atoms with E-state index in [2.05, 4.69) is 16.0 Å². The van der Waals surface area contributed by atoms with E-state index in [1.807, 2.05) is 0 Å². The summed E-state index contributed by atoms with van der Waals surface area (Å²) in [5, 5.41) is 6.25. The zero-order chi connectivity index (χ0) is 11.3. The molecule has 76 valence electrons. The van der Waals surface area contributed by atoms with Gasteiger partial charge in [0.1, 0.15) is 5.88 Å². The van der Waals surface area contributed by atoms with Crippen LogP contribution in [0.2, 0.25) is 1.41 Å². The average molecular weight is 214 g/mol. The van der Waals surface area contributed by atoms with Gasteiger partial charge in [-0.1, -0.05) is 0 Å². The molecule has 0 unspecified atom stereocenters. The van der Waals surface area contributed by atoms with Gasteiger partial charge in [-0.05, 0) is 24.3 Å². The van der Waals surface area contributed by atoms with E-state index in [0.29, 0.717) is 11.4 Å². The van der Waals surface area contributed by atoms with Gasteiger partial charge in [-0.15, -0.1) is 0 Å². The maximum atomic E-state index is 10.9. The number of nitrogens with one attached hydrogen (secondary N) is 2. The third-order valence-electron chi connectivity index (χ3n) is 1.52. The minimum atomic E-state index is -3.03. The molecule has 0 aliphatic heterocycles. The van der Waals surface area contributed by atoms with Crippen LogP contribution in [0.5, 0.6) is 0 Å². The fraction of sp³-hybridized carbons (Fsp3) is 0.250. The summed E-state index contributed by atoms with van der Waals surface area (Å²) in [5.74, 6) is -0.105. The first kappa shape index (κ1) is 9.14. The molecule has 14 heavy (non-hydrogen) atoms. The molecule has 0 fully saturated rings. The van der Waals surface area contributed by atoms with Crippen molar-refractivity contribution in [2.75, 3.05) is 17.4 Å². The number of benzene rings is 1. The van der Waals surface area contributed by atoms with Crippen molar-refractivity contribution in [1.29, 1.82) is 5.52 Å². The molecule has 0 radical (unpaired) electrons. The van der Waals surface area contributed by atoms with Crippen LogP contribution in [0.15, 0.2) is 29.4 Å². The van der Waals surface area contributed by atoms with Crippen LogP contribution in [0.1, 0.15) is 0 Å². The Morgan fingerprint density at radius 1 is 1.50 bits per heavy atom. The lowest BCUT2D eigenvalue weighted by Crippen LogP contribution is -2.12. The number of hydrogen-bond acceptors (Lipinski definition) is 5. The first-order valence-corrected chi connectivity index (χ1v) is 5.94. The molecule has 0 heterocycles. The van der Waals surface area contributed by atoms with Crippen molar-refractivity contribution in [2.24, 2.45) is 5.11 Å². The molecule has 0 spiro atoms. The third kappa shape index (κ3) is 3.53. The van der Waals surface area contributed by atoms with Gasteiger partial charge in [0.2, 0.25) is 1.41 Å². The molecule has 2 N–H and O–H groups in total. The van der Waals surface area contributed by atoms with Crippen LogP contribution in [0, 0.1) is 5.52 Å². The minimum Gasteiger partial charge on any atom is -0.372 e. The molecule has 0 amide bonds. The lowest BCUT2D eigenvalue weighted by Gasteiger charge is -2.03. The number of rotatable bonds is 4. The van der Waals surface area contributed by atoms with Crippen LogP contribution in [0.25, 0.3) is 0 Å². The molecule has 0 saturated carbocycles. The smallest absolute Gasteiger partial charge is 0.214 e. The van der Waals surface area contributed by atoms with Crippen molar-refractivity contribution in [3.63, 3.8) is 0 Å². The van der Waals surface area contributed by atoms with Crippen molar-refractivity contribution in [3.8, 4) is 0 Å². The van der Waals surface area contributed by atoms with Crippen molar-refractivity contribution in [1.82, 2.24) is 0 Å². The molecular formula is C8H11N3O2S. The largest absolute Gasteiger partial charge is 0.372 e. The second-order valence-corrected chi connectivity index (χ2v) is 5.03. The van der Waals surface area contributed by atoms with E-state index in [-0.39, 0.29) is 5.88 Å². The number of anilines is 1. The summed E-state index contributed by atoms with van der Waals surface area (Å²) in [7, 11) is -3.03. The Labute approximate surface area is 84.0 Å². The SMILES string of the molecule is [2H]/N=N/c1ccc(NCS(C)(=O)=O)cc1. The van der Waals surface area contributed by atoms with E-state index >= 15 is 0 Å². The maximum Gasteiger partial charge on any atom is 0.214 e. The first-order valence-electron chi connectivity index (χ1n) is 4.33. The zero-order valence-corrected chi connectivity index (χ0v) is 8.45. The highest BCUT2D eigenvalue weighted by atomic mass is 32.2. The molecule has 0 atom stereocenters. The normalized spacial score (nSPS) is 12.8. The van der Waals surface area contributed by atoms with Crippen LogP contribution in [0.4, 0.5) is 11.4 Å². The summed E-state index contributed by atoms with van der Waals surface area (Å²) < 4.78 is 28.2. The second-order valence-electron chi connectivity index (χ2n) is 2.89. The Morgan fingerprint density at radius 2 is 2.14 bits per heavy atom. The molecule has 0 aromatic heterocycles. The Bertz CT molecular complexity index is 441. The molecule has 0 saturated heterocycles. The van der Waals surface area contributed by atoms with Gasteiger partial charge >= 0.3 is 0 Å². The topological polar surface area (TPSA) is 82.4 Å². The van der Waals surface area contributed by atoms with E-state index in [4.69, 9.17) is 1.41 Å². The fourth-order valence-corrected chi connectivity index (χ4v) is 1.29. The van der Waals surface area contributed by atoms with Gasteiger partial charge in [0.15, 0.2) is 9.84 Å². The first-order chi connectivity index (χ1) is 7.01. The molecule has 1 aromatic rings. The summed E-state index contributed by atoms with van der Waals surface area (Å²) in [4.78, 5) is 0. The quantitative estimate of drug-likeness (QED) is 0.749. The van der Waals surface area contributed by atoms with Gasteiger partial charge in [-0.2, -0.15) is 5.11 Å². The summed E-state index contributed by atoms with van der Waals surface area (Å²) >= 11 is 0. The van der Waals surface area contributed by atoms with Gasteiger partial charge in [0, 0.05) is 11.9 Å². The van der Waals surface area contributed by atoms with Crippen LogP contribution in [-0.2, 0) is 9.84 Å². The van der Waals surface area contributed by atoms with E-state index in [9.17, 15) is 8.42 Å². The summed E-state index contributed by atoms with van der Waals surface area (Å²) in [6.45, 7) is 0. The highest BCUT2D eigenvalue weighted by Crippen LogP contribution is 2.15.